The van der Waals surface area contributed by atoms with Crippen LogP contribution in [-0.4, -0.2) is 22.3 Å². The second-order valence-corrected chi connectivity index (χ2v) is 3.86. The quantitative estimate of drug-likeness (QED) is 0.928. The van der Waals surface area contributed by atoms with E-state index in [1.165, 1.54) is 0 Å². The third kappa shape index (κ3) is 2.62. The molecule has 1 N–H and O–H groups in total. The summed E-state index contributed by atoms with van der Waals surface area (Å²) in [6.07, 6.45) is 4.48. The number of amides is 1. The van der Waals surface area contributed by atoms with Crippen molar-refractivity contribution in [1.82, 2.24) is 9.55 Å². The van der Waals surface area contributed by atoms with E-state index in [1.54, 1.807) is 48.4 Å². The number of carbonyl (C=O) groups excluding carboxylic acids is 1. The molecule has 0 bridgehead atoms. The monoisotopic (exact) mass is 265 g/mol. The maximum Gasteiger partial charge on any atom is 0.411 e. The summed E-state index contributed by atoms with van der Waals surface area (Å²) in [6, 6.07) is 5.25. The Balaban J connectivity index is 2.36. The van der Waals surface area contributed by atoms with Crippen molar-refractivity contribution in [3.05, 3.63) is 41.9 Å². The topological polar surface area (TPSA) is 56.1 Å². The van der Waals surface area contributed by atoms with Crippen LogP contribution < -0.4 is 5.32 Å². The van der Waals surface area contributed by atoms with Gasteiger partial charge in [-0.15, -0.1) is 0 Å². The van der Waals surface area contributed by atoms with Gasteiger partial charge in [0.15, 0.2) is 0 Å². The molecule has 0 radical (unpaired) electrons. The molecule has 0 atom stereocenters. The zero-order valence-electron chi connectivity index (χ0n) is 9.76. The molecule has 0 saturated carbocycles. The van der Waals surface area contributed by atoms with Gasteiger partial charge >= 0.3 is 6.09 Å². The first-order valence-electron chi connectivity index (χ1n) is 5.43. The average Bonchev–Trinajstić information content (AvgIpc) is 2.82. The second-order valence-electron chi connectivity index (χ2n) is 3.45. The molecule has 0 aliphatic heterocycles. The molecule has 1 heterocycles. The van der Waals surface area contributed by atoms with E-state index in [9.17, 15) is 4.79 Å². The highest BCUT2D eigenvalue weighted by Gasteiger charge is 2.11. The van der Waals surface area contributed by atoms with Crippen molar-refractivity contribution in [3.63, 3.8) is 0 Å². The molecule has 0 unspecified atom stereocenters. The highest BCUT2D eigenvalue weighted by molar-refractivity contribution is 6.33. The molecule has 0 spiro atoms. The highest BCUT2D eigenvalue weighted by Crippen LogP contribution is 2.28. The number of nitrogens with zero attached hydrogens (tertiary/aromatic N) is 2. The predicted octanol–water partition coefficient (Wildman–Crippen LogP) is 3.09. The summed E-state index contributed by atoms with van der Waals surface area (Å²) in [5.41, 5.74) is 1.23. The fourth-order valence-corrected chi connectivity index (χ4v) is 1.82. The lowest BCUT2D eigenvalue weighted by Crippen LogP contribution is -2.15. The lowest BCUT2D eigenvalue weighted by atomic mass is 10.2. The van der Waals surface area contributed by atoms with Crippen LogP contribution in [0.2, 0.25) is 5.02 Å². The Morgan fingerprint density at radius 3 is 3.06 bits per heavy atom. The van der Waals surface area contributed by atoms with Crippen molar-refractivity contribution in [2.45, 2.75) is 6.92 Å². The number of aromatic nitrogens is 2. The van der Waals surface area contributed by atoms with E-state index < -0.39 is 6.09 Å². The Morgan fingerprint density at radius 2 is 2.39 bits per heavy atom. The summed E-state index contributed by atoms with van der Waals surface area (Å²) >= 11 is 6.14. The second kappa shape index (κ2) is 5.55. The van der Waals surface area contributed by atoms with Crippen molar-refractivity contribution in [2.75, 3.05) is 11.9 Å². The van der Waals surface area contributed by atoms with Gasteiger partial charge in [0.05, 0.1) is 29.3 Å². The van der Waals surface area contributed by atoms with E-state index in [2.05, 4.69) is 10.3 Å². The van der Waals surface area contributed by atoms with Gasteiger partial charge in [0.2, 0.25) is 0 Å². The minimum absolute atomic E-state index is 0.312. The lowest BCUT2D eigenvalue weighted by molar-refractivity contribution is 0.168. The van der Waals surface area contributed by atoms with E-state index >= 15 is 0 Å². The van der Waals surface area contributed by atoms with E-state index in [1.807, 2.05) is 0 Å². The van der Waals surface area contributed by atoms with Crippen molar-refractivity contribution < 1.29 is 9.53 Å². The van der Waals surface area contributed by atoms with Crippen LogP contribution >= 0.6 is 11.6 Å². The van der Waals surface area contributed by atoms with Crippen LogP contribution in [0, 0.1) is 0 Å². The third-order valence-corrected chi connectivity index (χ3v) is 2.57. The van der Waals surface area contributed by atoms with Crippen molar-refractivity contribution in [3.8, 4) is 5.69 Å². The molecule has 1 amide bonds. The number of carbonyl (C=O) groups is 1. The zero-order chi connectivity index (χ0) is 13.0. The van der Waals surface area contributed by atoms with E-state index in [-0.39, 0.29) is 0 Å². The zero-order valence-corrected chi connectivity index (χ0v) is 10.5. The van der Waals surface area contributed by atoms with E-state index in [0.717, 1.165) is 0 Å². The molecule has 0 aliphatic rings. The summed E-state index contributed by atoms with van der Waals surface area (Å²) in [6.45, 7) is 2.06. The van der Waals surface area contributed by atoms with Crippen LogP contribution in [0.1, 0.15) is 6.92 Å². The Morgan fingerprint density at radius 1 is 1.56 bits per heavy atom. The minimum Gasteiger partial charge on any atom is -0.450 e. The standard InChI is InChI=1S/C12H12ClN3O2/c1-2-18-12(17)15-10-5-3-4-9(13)11(10)16-7-6-14-8-16/h3-8H,2H2,1H3,(H,15,17). The number of nitrogens with one attached hydrogen (secondary N) is 1. The fraction of sp³-hybridized carbons (Fsp3) is 0.167. The summed E-state index contributed by atoms with van der Waals surface area (Å²) in [5.74, 6) is 0. The Labute approximate surface area is 109 Å². The molecule has 5 nitrogen and oxygen atoms in total. The van der Waals surface area contributed by atoms with Gasteiger partial charge in [0.1, 0.15) is 0 Å². The number of halogens is 1. The van der Waals surface area contributed by atoms with Crippen LogP contribution in [0.4, 0.5) is 10.5 Å². The number of para-hydroxylation sites is 1. The molecule has 0 fully saturated rings. The van der Waals surface area contributed by atoms with Gasteiger partial charge in [-0.1, -0.05) is 17.7 Å². The number of hydrogen-bond acceptors (Lipinski definition) is 3. The normalized spacial score (nSPS) is 10.1. The van der Waals surface area contributed by atoms with Gasteiger partial charge < -0.3 is 9.30 Å². The van der Waals surface area contributed by atoms with Crippen molar-refractivity contribution >= 4 is 23.4 Å². The van der Waals surface area contributed by atoms with Crippen LogP contribution in [0.15, 0.2) is 36.9 Å². The molecule has 1 aromatic heterocycles. The first kappa shape index (κ1) is 12.4. The van der Waals surface area contributed by atoms with Crippen LogP contribution in [0.3, 0.4) is 0 Å². The molecule has 2 rings (SSSR count). The molecule has 6 heteroatoms. The summed E-state index contributed by atoms with van der Waals surface area (Å²) in [5, 5.41) is 3.16. The number of anilines is 1. The summed E-state index contributed by atoms with van der Waals surface area (Å²) < 4.78 is 6.57. The maximum absolute atomic E-state index is 11.4. The first-order valence-corrected chi connectivity index (χ1v) is 5.80. The Bertz CT molecular complexity index is 540. The van der Waals surface area contributed by atoms with E-state index in [4.69, 9.17) is 16.3 Å². The molecule has 1 aromatic carbocycles. The van der Waals surface area contributed by atoms with Crippen LogP contribution in [0.5, 0.6) is 0 Å². The van der Waals surface area contributed by atoms with Gasteiger partial charge in [-0.3, -0.25) is 5.32 Å². The Kier molecular flexibility index (Phi) is 3.84. The summed E-state index contributed by atoms with van der Waals surface area (Å²) in [4.78, 5) is 15.4. The van der Waals surface area contributed by atoms with Crippen LogP contribution in [0.25, 0.3) is 5.69 Å². The highest BCUT2D eigenvalue weighted by atomic mass is 35.5. The SMILES string of the molecule is CCOC(=O)Nc1cccc(Cl)c1-n1ccnc1. The average molecular weight is 266 g/mol. The lowest BCUT2D eigenvalue weighted by Gasteiger charge is -2.12. The molecule has 2 aromatic rings. The third-order valence-electron chi connectivity index (χ3n) is 2.26. The molecular weight excluding hydrogens is 254 g/mol. The minimum atomic E-state index is -0.513. The van der Waals surface area contributed by atoms with E-state index in [0.29, 0.717) is 23.0 Å². The van der Waals surface area contributed by atoms with Crippen LogP contribution in [-0.2, 0) is 4.74 Å². The largest absolute Gasteiger partial charge is 0.450 e. The van der Waals surface area contributed by atoms with Crippen molar-refractivity contribution in [2.24, 2.45) is 0 Å². The maximum atomic E-state index is 11.4. The number of rotatable bonds is 3. The van der Waals surface area contributed by atoms with Gasteiger partial charge in [0.25, 0.3) is 0 Å². The van der Waals surface area contributed by atoms with Gasteiger partial charge in [-0.2, -0.15) is 0 Å². The van der Waals surface area contributed by atoms with Crippen molar-refractivity contribution in [1.29, 1.82) is 0 Å². The number of ether oxygens (including phenoxy) is 1. The van der Waals surface area contributed by atoms with Gasteiger partial charge in [0, 0.05) is 12.4 Å². The molecule has 0 saturated heterocycles. The molecule has 94 valence electrons. The molecular formula is C12H12ClN3O2. The van der Waals surface area contributed by atoms with Gasteiger partial charge in [-0.05, 0) is 19.1 Å². The summed E-state index contributed by atoms with van der Waals surface area (Å²) in [7, 11) is 0. The molecule has 0 aliphatic carbocycles. The first-order chi connectivity index (χ1) is 8.72. The number of hydrogen-bond donors (Lipinski definition) is 1. The fourth-order valence-electron chi connectivity index (χ4n) is 1.55. The number of imidazole rings is 1. The predicted molar refractivity (Wildman–Crippen MR) is 69.2 cm³/mol. The smallest absolute Gasteiger partial charge is 0.411 e. The Hall–Kier alpha value is -2.01. The molecule has 18 heavy (non-hydrogen) atoms. The van der Waals surface area contributed by atoms with Gasteiger partial charge in [-0.25, -0.2) is 9.78 Å². The number of benzene rings is 1.